The Morgan fingerprint density at radius 3 is 2.32 bits per heavy atom. The maximum absolute atomic E-state index is 12.2. The van der Waals surface area contributed by atoms with E-state index in [1.165, 1.54) is 4.90 Å². The number of carboxylic acid groups (broad SMARTS) is 1. The molecular formula is C17H13NO4. The van der Waals surface area contributed by atoms with Gasteiger partial charge in [0.1, 0.15) is 0 Å². The number of ketones is 1. The van der Waals surface area contributed by atoms with Gasteiger partial charge in [0.15, 0.2) is 0 Å². The molecule has 110 valence electrons. The Hall–Kier alpha value is -2.95. The van der Waals surface area contributed by atoms with Crippen LogP contribution in [0.25, 0.3) is 0 Å². The van der Waals surface area contributed by atoms with Crippen LogP contribution in [0.2, 0.25) is 0 Å². The average Bonchev–Trinajstić information content (AvgIpc) is 2.79. The van der Waals surface area contributed by atoms with E-state index >= 15 is 0 Å². The second-order valence-corrected chi connectivity index (χ2v) is 5.14. The predicted octanol–water partition coefficient (Wildman–Crippen LogP) is 2.74. The van der Waals surface area contributed by atoms with Crippen molar-refractivity contribution in [2.75, 3.05) is 4.90 Å². The molecule has 2 aromatic rings. The van der Waals surface area contributed by atoms with Crippen molar-refractivity contribution in [2.24, 2.45) is 0 Å². The zero-order chi connectivity index (χ0) is 15.9. The van der Waals surface area contributed by atoms with Gasteiger partial charge in [0.2, 0.25) is 0 Å². The quantitative estimate of drug-likeness (QED) is 0.883. The van der Waals surface area contributed by atoms with Crippen molar-refractivity contribution in [1.82, 2.24) is 0 Å². The maximum Gasteiger partial charge on any atom is 0.310 e. The number of benzene rings is 2. The van der Waals surface area contributed by atoms with Crippen molar-refractivity contribution in [2.45, 2.75) is 12.8 Å². The van der Waals surface area contributed by atoms with Gasteiger partial charge in [-0.25, -0.2) is 0 Å². The lowest BCUT2D eigenvalue weighted by atomic mass is 10.0. The molecule has 2 aromatic carbocycles. The third-order valence-electron chi connectivity index (χ3n) is 3.81. The highest BCUT2D eigenvalue weighted by atomic mass is 16.4. The van der Waals surface area contributed by atoms with Gasteiger partial charge in [-0.1, -0.05) is 24.3 Å². The highest BCUT2D eigenvalue weighted by Crippen LogP contribution is 2.35. The van der Waals surface area contributed by atoms with E-state index in [1.807, 2.05) is 0 Å². The van der Waals surface area contributed by atoms with Crippen LogP contribution in [0, 0.1) is 0 Å². The van der Waals surface area contributed by atoms with Crippen LogP contribution in [0.5, 0.6) is 0 Å². The monoisotopic (exact) mass is 295 g/mol. The number of Topliss-reactive ketones (excluding diaryl/α,β-unsaturated/α-hetero) is 1. The van der Waals surface area contributed by atoms with E-state index in [0.717, 1.165) is 0 Å². The van der Waals surface area contributed by atoms with E-state index < -0.39 is 23.6 Å². The van der Waals surface area contributed by atoms with Crippen molar-refractivity contribution in [3.8, 4) is 0 Å². The summed E-state index contributed by atoms with van der Waals surface area (Å²) in [6.07, 6.45) is 0. The Kier molecular flexibility index (Phi) is 3.25. The van der Waals surface area contributed by atoms with Gasteiger partial charge >= 0.3 is 11.9 Å². The Labute approximate surface area is 126 Å². The van der Waals surface area contributed by atoms with E-state index in [1.54, 1.807) is 55.5 Å². The second kappa shape index (κ2) is 5.11. The molecule has 0 saturated carbocycles. The van der Waals surface area contributed by atoms with Crippen molar-refractivity contribution in [1.29, 1.82) is 0 Å². The number of nitrogens with zero attached hydrogens (tertiary/aromatic N) is 1. The van der Waals surface area contributed by atoms with E-state index in [-0.39, 0.29) is 0 Å². The number of anilines is 2. The predicted molar refractivity (Wildman–Crippen MR) is 80.4 cm³/mol. The van der Waals surface area contributed by atoms with Crippen LogP contribution in [0.3, 0.4) is 0 Å². The fraction of sp³-hybridized carbons (Fsp3) is 0.118. The summed E-state index contributed by atoms with van der Waals surface area (Å²) in [7, 11) is 0. The number of carbonyl (C=O) groups excluding carboxylic acids is 2. The van der Waals surface area contributed by atoms with Crippen LogP contribution >= 0.6 is 0 Å². The van der Waals surface area contributed by atoms with E-state index in [2.05, 4.69) is 0 Å². The first-order chi connectivity index (χ1) is 10.5. The van der Waals surface area contributed by atoms with Crippen molar-refractivity contribution < 1.29 is 19.5 Å². The number of carboxylic acids is 1. The van der Waals surface area contributed by atoms with Gasteiger partial charge in [-0.2, -0.15) is 0 Å². The van der Waals surface area contributed by atoms with E-state index in [4.69, 9.17) is 5.11 Å². The molecule has 1 atom stereocenters. The van der Waals surface area contributed by atoms with Gasteiger partial charge < -0.3 is 5.11 Å². The Bertz CT molecular complexity index is 780. The average molecular weight is 295 g/mol. The summed E-state index contributed by atoms with van der Waals surface area (Å²) in [6.45, 7) is 1.59. The molecule has 0 fully saturated rings. The summed E-state index contributed by atoms with van der Waals surface area (Å²) in [5, 5.41) is 9.01. The minimum Gasteiger partial charge on any atom is -0.481 e. The first-order valence-electron chi connectivity index (χ1n) is 6.81. The van der Waals surface area contributed by atoms with Crippen LogP contribution in [-0.4, -0.2) is 22.8 Å². The molecule has 1 aliphatic heterocycles. The summed E-state index contributed by atoms with van der Waals surface area (Å²) >= 11 is 0. The lowest BCUT2D eigenvalue weighted by Crippen LogP contribution is -2.24. The highest BCUT2D eigenvalue weighted by Gasteiger charge is 2.36. The third kappa shape index (κ3) is 2.07. The number of rotatable bonds is 3. The molecule has 0 spiro atoms. The zero-order valence-electron chi connectivity index (χ0n) is 11.8. The molecule has 0 radical (unpaired) electrons. The van der Waals surface area contributed by atoms with Gasteiger partial charge in [-0.05, 0) is 36.8 Å². The van der Waals surface area contributed by atoms with E-state index in [0.29, 0.717) is 22.5 Å². The van der Waals surface area contributed by atoms with Gasteiger partial charge in [0.25, 0.3) is 5.78 Å². The zero-order valence-corrected chi connectivity index (χ0v) is 11.8. The molecule has 0 aliphatic carbocycles. The van der Waals surface area contributed by atoms with Gasteiger partial charge in [-0.3, -0.25) is 19.3 Å². The summed E-state index contributed by atoms with van der Waals surface area (Å²) < 4.78 is 0. The van der Waals surface area contributed by atoms with Crippen molar-refractivity contribution >= 4 is 29.0 Å². The normalized spacial score (nSPS) is 14.9. The SMILES string of the molecule is CC(C(=O)O)c1ccc(N2C(=O)C(=O)c3ccccc32)cc1. The minimum atomic E-state index is -0.912. The molecule has 0 aromatic heterocycles. The first-order valence-corrected chi connectivity index (χ1v) is 6.81. The molecule has 1 heterocycles. The molecule has 5 nitrogen and oxygen atoms in total. The Balaban J connectivity index is 2.00. The molecule has 22 heavy (non-hydrogen) atoms. The molecular weight excluding hydrogens is 282 g/mol. The van der Waals surface area contributed by atoms with Gasteiger partial charge in [0, 0.05) is 5.69 Å². The molecule has 0 saturated heterocycles. The smallest absolute Gasteiger partial charge is 0.310 e. The van der Waals surface area contributed by atoms with Crippen LogP contribution in [0.15, 0.2) is 48.5 Å². The maximum atomic E-state index is 12.2. The summed E-state index contributed by atoms with van der Waals surface area (Å²) in [5.41, 5.74) is 2.12. The first kappa shape index (κ1) is 14.0. The minimum absolute atomic E-state index is 0.385. The number of hydrogen-bond acceptors (Lipinski definition) is 3. The molecule has 1 N–H and O–H groups in total. The van der Waals surface area contributed by atoms with Crippen LogP contribution < -0.4 is 4.90 Å². The molecule has 1 amide bonds. The number of para-hydroxylation sites is 1. The Morgan fingerprint density at radius 1 is 1.05 bits per heavy atom. The number of carbonyl (C=O) groups is 3. The highest BCUT2D eigenvalue weighted by molar-refractivity contribution is 6.53. The largest absolute Gasteiger partial charge is 0.481 e. The van der Waals surface area contributed by atoms with Crippen LogP contribution in [0.1, 0.15) is 28.8 Å². The molecule has 0 bridgehead atoms. The standard InChI is InChI=1S/C17H13NO4/c1-10(17(21)22)11-6-8-12(9-7-11)18-14-5-3-2-4-13(14)15(19)16(18)20/h2-10H,1H3,(H,21,22). The van der Waals surface area contributed by atoms with Gasteiger partial charge in [0.05, 0.1) is 17.2 Å². The van der Waals surface area contributed by atoms with Crippen LogP contribution in [-0.2, 0) is 9.59 Å². The third-order valence-corrected chi connectivity index (χ3v) is 3.81. The summed E-state index contributed by atoms with van der Waals surface area (Å²) in [4.78, 5) is 36.5. The van der Waals surface area contributed by atoms with E-state index in [9.17, 15) is 14.4 Å². The molecule has 3 rings (SSSR count). The summed E-state index contributed by atoms with van der Waals surface area (Å²) in [6, 6.07) is 13.4. The number of fused-ring (bicyclic) bond motifs is 1. The number of hydrogen-bond donors (Lipinski definition) is 1. The molecule has 5 heteroatoms. The molecule has 1 aliphatic rings. The van der Waals surface area contributed by atoms with Crippen molar-refractivity contribution in [3.63, 3.8) is 0 Å². The lowest BCUT2D eigenvalue weighted by molar-refractivity contribution is -0.138. The van der Waals surface area contributed by atoms with Crippen LogP contribution in [0.4, 0.5) is 11.4 Å². The fourth-order valence-corrected chi connectivity index (χ4v) is 2.50. The number of amides is 1. The lowest BCUT2D eigenvalue weighted by Gasteiger charge is -2.17. The topological polar surface area (TPSA) is 74.7 Å². The fourth-order valence-electron chi connectivity index (χ4n) is 2.50. The second-order valence-electron chi connectivity index (χ2n) is 5.14. The number of aliphatic carboxylic acids is 1. The molecule has 1 unspecified atom stereocenters. The van der Waals surface area contributed by atoms with Crippen molar-refractivity contribution in [3.05, 3.63) is 59.7 Å². The summed E-state index contributed by atoms with van der Waals surface area (Å²) in [5.74, 6) is -2.67. The van der Waals surface area contributed by atoms with Gasteiger partial charge in [-0.15, -0.1) is 0 Å². The Morgan fingerprint density at radius 2 is 1.68 bits per heavy atom.